The van der Waals surface area contributed by atoms with Crippen LogP contribution in [0.15, 0.2) is 66.4 Å². The molecule has 2 aromatic rings. The van der Waals surface area contributed by atoms with Crippen LogP contribution in [0, 0.1) is 0 Å². The van der Waals surface area contributed by atoms with Crippen molar-refractivity contribution in [2.24, 2.45) is 0 Å². The van der Waals surface area contributed by atoms with Gasteiger partial charge in [0.05, 0.1) is 0 Å². The molecule has 2 rings (SSSR count). The summed E-state index contributed by atoms with van der Waals surface area (Å²) in [6, 6.07) is 19.4. The van der Waals surface area contributed by atoms with Gasteiger partial charge in [0.1, 0.15) is 11.2 Å². The summed E-state index contributed by atoms with van der Waals surface area (Å²) in [5, 5.41) is 0. The van der Waals surface area contributed by atoms with Crippen LogP contribution in [-0.2, 0) is 19.7 Å². The minimum Gasteiger partial charge on any atom is -0.429 e. The predicted molar refractivity (Wildman–Crippen MR) is 118 cm³/mol. The van der Waals surface area contributed by atoms with E-state index in [4.69, 9.17) is 4.74 Å². The van der Waals surface area contributed by atoms with Crippen LogP contribution in [0.2, 0.25) is 0 Å². The van der Waals surface area contributed by atoms with Crippen molar-refractivity contribution in [1.29, 1.82) is 0 Å². The van der Waals surface area contributed by atoms with Crippen molar-refractivity contribution >= 4 is 17.3 Å². The van der Waals surface area contributed by atoms with E-state index in [1.54, 1.807) is 6.92 Å². The molecule has 0 saturated carbocycles. The van der Waals surface area contributed by atoms with E-state index in [0.29, 0.717) is 12.2 Å². The van der Waals surface area contributed by atoms with Crippen LogP contribution in [0.25, 0.3) is 5.57 Å². The fourth-order valence-corrected chi connectivity index (χ4v) is 3.53. The highest BCUT2D eigenvalue weighted by molar-refractivity contribution is 5.95. The molecule has 0 aromatic heterocycles. The second-order valence-corrected chi connectivity index (χ2v) is 7.52. The zero-order valence-electron chi connectivity index (χ0n) is 18.0. The summed E-state index contributed by atoms with van der Waals surface area (Å²) in [7, 11) is 0. The molecule has 0 amide bonds. The van der Waals surface area contributed by atoms with Crippen LogP contribution in [0.3, 0.4) is 0 Å². The first-order chi connectivity index (χ1) is 13.9. The Hall–Kier alpha value is -2.68. The summed E-state index contributed by atoms with van der Waals surface area (Å²) < 4.78 is 5.88. The maximum Gasteiger partial charge on any atom is 0.310 e. The Morgan fingerprint density at radius 1 is 0.897 bits per heavy atom. The van der Waals surface area contributed by atoms with Crippen LogP contribution in [-0.4, -0.2) is 11.8 Å². The molecule has 29 heavy (non-hydrogen) atoms. The molecule has 0 bridgehead atoms. The normalized spacial score (nSPS) is 13.9. The van der Waals surface area contributed by atoms with Gasteiger partial charge in [0.2, 0.25) is 0 Å². The predicted octanol–water partition coefficient (Wildman–Crippen LogP) is 6.48. The summed E-state index contributed by atoms with van der Waals surface area (Å²) in [6.07, 6.45) is 3.58. The second-order valence-electron chi connectivity index (χ2n) is 7.52. The number of carbonyl (C=O) groups is 2. The molecule has 3 nitrogen and oxygen atoms in total. The van der Waals surface area contributed by atoms with Gasteiger partial charge in [0.25, 0.3) is 0 Å². The van der Waals surface area contributed by atoms with Gasteiger partial charge in [-0.2, -0.15) is 0 Å². The Balaban J connectivity index is 2.66. The summed E-state index contributed by atoms with van der Waals surface area (Å²) in [4.78, 5) is 25.9. The number of unbranched alkanes of at least 4 members (excludes halogenated alkanes) is 2. The molecule has 1 atom stereocenters. The quantitative estimate of drug-likeness (QED) is 0.264. The third kappa shape index (κ3) is 5.44. The fraction of sp³-hybridized carbons (Fsp3) is 0.385. The minimum atomic E-state index is -1.03. The Bertz CT molecular complexity index is 837. The van der Waals surface area contributed by atoms with E-state index in [0.717, 1.165) is 36.0 Å². The number of hydrogen-bond acceptors (Lipinski definition) is 3. The zero-order chi connectivity index (χ0) is 21.3. The lowest BCUT2D eigenvalue weighted by Crippen LogP contribution is -2.37. The van der Waals surface area contributed by atoms with E-state index < -0.39 is 5.41 Å². The fourth-order valence-electron chi connectivity index (χ4n) is 3.53. The highest BCUT2D eigenvalue weighted by Crippen LogP contribution is 2.39. The van der Waals surface area contributed by atoms with Crippen molar-refractivity contribution in [3.8, 4) is 0 Å². The molecule has 0 aliphatic carbocycles. The Labute approximate surface area is 174 Å². The van der Waals surface area contributed by atoms with Gasteiger partial charge < -0.3 is 4.74 Å². The van der Waals surface area contributed by atoms with Crippen LogP contribution in [0.4, 0.5) is 0 Å². The van der Waals surface area contributed by atoms with E-state index in [9.17, 15) is 9.59 Å². The molecule has 0 heterocycles. The van der Waals surface area contributed by atoms with E-state index in [2.05, 4.69) is 6.92 Å². The molecule has 0 spiro atoms. The lowest BCUT2D eigenvalue weighted by Gasteiger charge is -2.32. The molecular formula is C26H32O3. The standard InChI is InChI=1S/C26H32O3/c1-5-7-10-19-23(27)26(4,22-17-13-9-14-18-22)25(29-24(28)6-2)20(3)21-15-11-8-12-16-21/h8-9,11-18H,5-7,10,19H2,1-4H3/b25-20+. The van der Waals surface area contributed by atoms with E-state index in [1.807, 2.05) is 74.5 Å². The molecule has 1 unspecified atom stereocenters. The average Bonchev–Trinajstić information content (AvgIpc) is 2.77. The van der Waals surface area contributed by atoms with Gasteiger partial charge in [-0.1, -0.05) is 87.4 Å². The largest absolute Gasteiger partial charge is 0.429 e. The number of rotatable bonds is 10. The van der Waals surface area contributed by atoms with Crippen molar-refractivity contribution in [3.63, 3.8) is 0 Å². The van der Waals surface area contributed by atoms with Gasteiger partial charge >= 0.3 is 5.97 Å². The molecule has 0 aliphatic rings. The lowest BCUT2D eigenvalue weighted by molar-refractivity contribution is -0.141. The zero-order valence-corrected chi connectivity index (χ0v) is 18.0. The van der Waals surface area contributed by atoms with Crippen LogP contribution < -0.4 is 0 Å². The van der Waals surface area contributed by atoms with Gasteiger partial charge in [0.15, 0.2) is 5.78 Å². The van der Waals surface area contributed by atoms with Gasteiger partial charge in [-0.3, -0.25) is 9.59 Å². The first-order valence-corrected chi connectivity index (χ1v) is 10.5. The maximum absolute atomic E-state index is 13.6. The molecule has 0 N–H and O–H groups in total. The van der Waals surface area contributed by atoms with Crippen molar-refractivity contribution in [3.05, 3.63) is 77.5 Å². The number of ketones is 1. The molecule has 0 radical (unpaired) electrons. The monoisotopic (exact) mass is 392 g/mol. The minimum absolute atomic E-state index is 0.0753. The number of allylic oxidation sites excluding steroid dienone is 2. The number of esters is 1. The van der Waals surface area contributed by atoms with Gasteiger partial charge in [0, 0.05) is 12.8 Å². The Morgan fingerprint density at radius 3 is 2.03 bits per heavy atom. The topological polar surface area (TPSA) is 43.4 Å². The molecular weight excluding hydrogens is 360 g/mol. The Kier molecular flexibility index (Phi) is 8.38. The molecule has 154 valence electrons. The Morgan fingerprint density at radius 2 is 1.48 bits per heavy atom. The van der Waals surface area contributed by atoms with Crippen molar-refractivity contribution in [1.82, 2.24) is 0 Å². The van der Waals surface area contributed by atoms with Gasteiger partial charge in [-0.25, -0.2) is 0 Å². The number of Topliss-reactive ketones (excluding diaryl/α,β-unsaturated/α-hetero) is 1. The molecule has 0 saturated heterocycles. The summed E-state index contributed by atoms with van der Waals surface area (Å²) >= 11 is 0. The third-order valence-corrected chi connectivity index (χ3v) is 5.42. The van der Waals surface area contributed by atoms with Crippen molar-refractivity contribution in [2.75, 3.05) is 0 Å². The molecule has 2 aromatic carbocycles. The summed E-state index contributed by atoms with van der Waals surface area (Å²) in [6.45, 7) is 7.70. The number of ether oxygens (including phenoxy) is 1. The second kappa shape index (κ2) is 10.8. The molecule has 3 heteroatoms. The van der Waals surface area contributed by atoms with Gasteiger partial charge in [-0.15, -0.1) is 0 Å². The van der Waals surface area contributed by atoms with Crippen molar-refractivity contribution in [2.45, 2.75) is 65.2 Å². The number of carbonyl (C=O) groups excluding carboxylic acids is 2. The third-order valence-electron chi connectivity index (χ3n) is 5.42. The van der Waals surface area contributed by atoms with Crippen LogP contribution >= 0.6 is 0 Å². The first kappa shape index (κ1) is 22.6. The van der Waals surface area contributed by atoms with Crippen LogP contribution in [0.1, 0.15) is 70.9 Å². The van der Waals surface area contributed by atoms with E-state index in [-0.39, 0.29) is 18.2 Å². The van der Waals surface area contributed by atoms with Gasteiger partial charge in [-0.05, 0) is 37.0 Å². The summed E-state index contributed by atoms with van der Waals surface area (Å²) in [5.41, 5.74) is 1.56. The highest BCUT2D eigenvalue weighted by Gasteiger charge is 2.42. The first-order valence-electron chi connectivity index (χ1n) is 10.5. The van der Waals surface area contributed by atoms with Crippen LogP contribution in [0.5, 0.6) is 0 Å². The average molecular weight is 393 g/mol. The number of hydrogen-bond donors (Lipinski definition) is 0. The van der Waals surface area contributed by atoms with Crippen molar-refractivity contribution < 1.29 is 14.3 Å². The van der Waals surface area contributed by atoms with E-state index >= 15 is 0 Å². The maximum atomic E-state index is 13.6. The molecule has 0 fully saturated rings. The SMILES string of the molecule is CCCCCC(=O)C(C)(/C(OC(=O)CC)=C(/C)c1ccccc1)c1ccccc1. The number of benzene rings is 2. The van der Waals surface area contributed by atoms with E-state index in [1.165, 1.54) is 0 Å². The lowest BCUT2D eigenvalue weighted by atomic mass is 9.73. The molecule has 0 aliphatic heterocycles. The summed E-state index contributed by atoms with van der Waals surface area (Å²) in [5.74, 6) is 0.174. The highest BCUT2D eigenvalue weighted by atomic mass is 16.5. The smallest absolute Gasteiger partial charge is 0.310 e.